The van der Waals surface area contributed by atoms with E-state index in [1.807, 2.05) is 32.0 Å². The third-order valence-corrected chi connectivity index (χ3v) is 5.01. The lowest BCUT2D eigenvalue weighted by Crippen LogP contribution is -2.24. The topological polar surface area (TPSA) is 63.8 Å². The van der Waals surface area contributed by atoms with Crippen molar-refractivity contribution in [3.8, 4) is 17.1 Å². The minimum Gasteiger partial charge on any atom is -0.483 e. The molecule has 5 nitrogen and oxygen atoms in total. The van der Waals surface area contributed by atoms with Crippen molar-refractivity contribution in [1.29, 1.82) is 0 Å². The molecule has 1 amide bonds. The van der Waals surface area contributed by atoms with Crippen molar-refractivity contribution in [3.63, 3.8) is 0 Å². The van der Waals surface area contributed by atoms with Gasteiger partial charge in [-0.25, -0.2) is 5.43 Å². The molecule has 0 radical (unpaired) electrons. The monoisotopic (exact) mass is 450 g/mol. The maximum Gasteiger partial charge on any atom is 0.277 e. The molecule has 0 unspecified atom stereocenters. The highest BCUT2D eigenvalue weighted by Gasteiger charge is 2.11. The van der Waals surface area contributed by atoms with Crippen molar-refractivity contribution in [3.05, 3.63) is 74.4 Å². The molecule has 150 valence electrons. The van der Waals surface area contributed by atoms with Crippen LogP contribution < -0.4 is 10.2 Å². The second kappa shape index (κ2) is 9.35. The number of nitrogens with zero attached hydrogens (tertiary/aromatic N) is 1. The molecule has 0 fully saturated rings. The fourth-order valence-electron chi connectivity index (χ4n) is 2.58. The molecule has 1 N–H and O–H groups in total. The highest BCUT2D eigenvalue weighted by atomic mass is 35.5. The fraction of sp³-hybridized carbons (Fsp3) is 0.143. The van der Waals surface area contributed by atoms with Crippen LogP contribution in [0.4, 0.5) is 0 Å². The summed E-state index contributed by atoms with van der Waals surface area (Å²) in [4.78, 5) is 11.9. The number of ether oxygens (including phenoxy) is 1. The second-order valence-corrected chi connectivity index (χ2v) is 7.52. The Kier molecular flexibility index (Phi) is 6.85. The number of hydrogen-bond acceptors (Lipinski definition) is 4. The van der Waals surface area contributed by atoms with E-state index in [4.69, 9.17) is 44.0 Å². The van der Waals surface area contributed by atoms with E-state index >= 15 is 0 Å². The smallest absolute Gasteiger partial charge is 0.277 e. The largest absolute Gasteiger partial charge is 0.483 e. The van der Waals surface area contributed by atoms with Crippen LogP contribution in [0.2, 0.25) is 15.1 Å². The Balaban J connectivity index is 1.57. The molecule has 0 aliphatic heterocycles. The average Bonchev–Trinajstić information content (AvgIpc) is 3.12. The quantitative estimate of drug-likeness (QED) is 0.282. The fourth-order valence-corrected chi connectivity index (χ4v) is 3.22. The van der Waals surface area contributed by atoms with Crippen LogP contribution in [0.15, 0.2) is 52.0 Å². The molecule has 3 rings (SSSR count). The zero-order valence-electron chi connectivity index (χ0n) is 15.6. The van der Waals surface area contributed by atoms with E-state index in [-0.39, 0.29) is 12.5 Å². The number of furan rings is 1. The summed E-state index contributed by atoms with van der Waals surface area (Å²) in [5.74, 6) is 1.20. The molecular weight excluding hydrogens is 435 g/mol. The maximum atomic E-state index is 11.9. The van der Waals surface area contributed by atoms with Gasteiger partial charge >= 0.3 is 0 Å². The van der Waals surface area contributed by atoms with Crippen molar-refractivity contribution < 1.29 is 13.9 Å². The van der Waals surface area contributed by atoms with Crippen molar-refractivity contribution in [1.82, 2.24) is 5.43 Å². The van der Waals surface area contributed by atoms with Gasteiger partial charge in [0.15, 0.2) is 6.61 Å². The van der Waals surface area contributed by atoms with Crippen molar-refractivity contribution >= 4 is 46.9 Å². The first-order valence-corrected chi connectivity index (χ1v) is 9.73. The van der Waals surface area contributed by atoms with Gasteiger partial charge < -0.3 is 9.15 Å². The predicted molar refractivity (Wildman–Crippen MR) is 116 cm³/mol. The molecule has 1 aromatic heterocycles. The Morgan fingerprint density at radius 1 is 1.07 bits per heavy atom. The van der Waals surface area contributed by atoms with E-state index in [0.717, 1.165) is 11.1 Å². The normalized spacial score (nSPS) is 11.1. The molecule has 2 aromatic carbocycles. The minimum absolute atomic E-state index is 0.149. The summed E-state index contributed by atoms with van der Waals surface area (Å²) in [7, 11) is 0. The SMILES string of the molecule is Cc1ccc(OCC(=O)N/N=C/c2ccc(-c3cc(Cl)c(Cl)cc3Cl)o2)c(C)c1. The van der Waals surface area contributed by atoms with Gasteiger partial charge in [-0.15, -0.1) is 0 Å². The first-order valence-electron chi connectivity index (χ1n) is 8.60. The van der Waals surface area contributed by atoms with Crippen LogP contribution in [0.1, 0.15) is 16.9 Å². The number of hydrazone groups is 1. The summed E-state index contributed by atoms with van der Waals surface area (Å²) in [6.45, 7) is 3.77. The zero-order chi connectivity index (χ0) is 21.0. The van der Waals surface area contributed by atoms with Gasteiger partial charge in [0.1, 0.15) is 17.3 Å². The Bertz CT molecular complexity index is 1080. The van der Waals surface area contributed by atoms with Crippen molar-refractivity contribution in [2.75, 3.05) is 6.61 Å². The lowest BCUT2D eigenvalue weighted by molar-refractivity contribution is -0.123. The van der Waals surface area contributed by atoms with Crippen LogP contribution in [-0.4, -0.2) is 18.7 Å². The number of aryl methyl sites for hydroxylation is 2. The lowest BCUT2D eigenvalue weighted by atomic mass is 10.1. The second-order valence-electron chi connectivity index (χ2n) is 6.30. The number of carbonyl (C=O) groups is 1. The van der Waals surface area contributed by atoms with E-state index < -0.39 is 0 Å². The van der Waals surface area contributed by atoms with Gasteiger partial charge in [0.25, 0.3) is 5.91 Å². The molecule has 0 spiro atoms. The van der Waals surface area contributed by atoms with E-state index in [1.54, 1.807) is 24.3 Å². The molecule has 0 saturated heterocycles. The van der Waals surface area contributed by atoms with Crippen LogP contribution in [0.3, 0.4) is 0 Å². The van der Waals surface area contributed by atoms with Crippen LogP contribution >= 0.6 is 34.8 Å². The lowest BCUT2D eigenvalue weighted by Gasteiger charge is -2.08. The predicted octanol–water partition coefficient (Wildman–Crippen LogP) is 6.05. The molecule has 0 aliphatic rings. The summed E-state index contributed by atoms with van der Waals surface area (Å²) in [6.07, 6.45) is 1.38. The highest BCUT2D eigenvalue weighted by molar-refractivity contribution is 6.44. The summed E-state index contributed by atoms with van der Waals surface area (Å²) < 4.78 is 11.2. The van der Waals surface area contributed by atoms with Gasteiger partial charge in [0.2, 0.25) is 0 Å². The van der Waals surface area contributed by atoms with Gasteiger partial charge in [-0.3, -0.25) is 4.79 Å². The number of amides is 1. The summed E-state index contributed by atoms with van der Waals surface area (Å²) in [5, 5.41) is 5.01. The Labute approximate surface area is 183 Å². The first kappa shape index (κ1) is 21.2. The molecule has 3 aromatic rings. The van der Waals surface area contributed by atoms with Crippen LogP contribution in [-0.2, 0) is 4.79 Å². The van der Waals surface area contributed by atoms with Gasteiger partial charge in [-0.2, -0.15) is 5.10 Å². The summed E-state index contributed by atoms with van der Waals surface area (Å²) in [6, 6.07) is 12.3. The van der Waals surface area contributed by atoms with Crippen LogP contribution in [0, 0.1) is 13.8 Å². The van der Waals surface area contributed by atoms with E-state index in [9.17, 15) is 4.79 Å². The maximum absolute atomic E-state index is 11.9. The molecule has 29 heavy (non-hydrogen) atoms. The van der Waals surface area contributed by atoms with Crippen LogP contribution in [0.5, 0.6) is 5.75 Å². The first-order chi connectivity index (χ1) is 13.8. The molecule has 0 aliphatic carbocycles. The van der Waals surface area contributed by atoms with Gasteiger partial charge in [0.05, 0.1) is 21.3 Å². The van der Waals surface area contributed by atoms with Crippen molar-refractivity contribution in [2.24, 2.45) is 5.10 Å². The highest BCUT2D eigenvalue weighted by Crippen LogP contribution is 2.35. The van der Waals surface area contributed by atoms with E-state index in [1.165, 1.54) is 6.21 Å². The van der Waals surface area contributed by atoms with Crippen LogP contribution in [0.25, 0.3) is 11.3 Å². The zero-order valence-corrected chi connectivity index (χ0v) is 17.9. The van der Waals surface area contributed by atoms with Gasteiger partial charge in [0, 0.05) is 5.56 Å². The number of carbonyl (C=O) groups excluding carboxylic acids is 1. The minimum atomic E-state index is -0.388. The number of halogens is 3. The molecule has 0 atom stereocenters. The standard InChI is InChI=1S/C21H17Cl3N2O3/c1-12-3-5-19(13(2)7-12)28-11-21(27)26-25-10-14-4-6-20(29-14)15-8-17(23)18(24)9-16(15)22/h3-10H,11H2,1-2H3,(H,26,27)/b25-10+. The molecular formula is C21H17Cl3N2O3. The molecule has 8 heteroatoms. The number of benzene rings is 2. The average molecular weight is 452 g/mol. The Hall–Kier alpha value is -2.47. The third kappa shape index (κ3) is 5.54. The Morgan fingerprint density at radius 3 is 2.59 bits per heavy atom. The third-order valence-electron chi connectivity index (χ3n) is 3.97. The summed E-state index contributed by atoms with van der Waals surface area (Å²) >= 11 is 18.2. The summed E-state index contributed by atoms with van der Waals surface area (Å²) in [5.41, 5.74) is 5.09. The van der Waals surface area contributed by atoms with E-state index in [2.05, 4.69) is 10.5 Å². The molecule has 0 bridgehead atoms. The van der Waals surface area contributed by atoms with E-state index in [0.29, 0.717) is 37.9 Å². The molecule has 0 saturated carbocycles. The number of hydrogen-bond donors (Lipinski definition) is 1. The molecule has 1 heterocycles. The van der Waals surface area contributed by atoms with Gasteiger partial charge in [-0.1, -0.05) is 52.5 Å². The van der Waals surface area contributed by atoms with Gasteiger partial charge in [-0.05, 0) is 49.7 Å². The van der Waals surface area contributed by atoms with Crippen molar-refractivity contribution in [2.45, 2.75) is 13.8 Å². The Morgan fingerprint density at radius 2 is 1.83 bits per heavy atom. The number of rotatable bonds is 6. The number of nitrogens with one attached hydrogen (secondary N) is 1.